The molecule has 1 aliphatic carbocycles. The molecule has 1 fully saturated rings. The molecule has 0 saturated heterocycles. The van der Waals surface area contributed by atoms with E-state index in [0.717, 1.165) is 22.8 Å². The summed E-state index contributed by atoms with van der Waals surface area (Å²) < 4.78 is 6.94. The second-order valence-electron chi connectivity index (χ2n) is 7.50. The number of ether oxygens (including phenoxy) is 1. The van der Waals surface area contributed by atoms with Gasteiger partial charge in [0.05, 0.1) is 13.3 Å². The van der Waals surface area contributed by atoms with E-state index in [1.165, 1.54) is 0 Å². The third-order valence-corrected chi connectivity index (χ3v) is 5.49. The van der Waals surface area contributed by atoms with Crippen molar-refractivity contribution in [3.63, 3.8) is 0 Å². The number of pyridine rings is 3. The van der Waals surface area contributed by atoms with Crippen LogP contribution in [-0.4, -0.2) is 44.6 Å². The lowest BCUT2D eigenvalue weighted by Crippen LogP contribution is -2.15. The van der Waals surface area contributed by atoms with Crippen LogP contribution in [0.4, 0.5) is 11.6 Å². The van der Waals surface area contributed by atoms with Gasteiger partial charge in [0.1, 0.15) is 17.4 Å². The van der Waals surface area contributed by atoms with E-state index in [0.29, 0.717) is 34.8 Å². The Bertz CT molecular complexity index is 1280. The summed E-state index contributed by atoms with van der Waals surface area (Å²) in [5.41, 5.74) is 1.45. The van der Waals surface area contributed by atoms with Crippen LogP contribution in [0.25, 0.3) is 27.8 Å². The Morgan fingerprint density at radius 3 is 2.80 bits per heavy atom. The summed E-state index contributed by atoms with van der Waals surface area (Å²) in [5.74, 6) is 2.94. The maximum atomic E-state index is 12.4. The van der Waals surface area contributed by atoms with Crippen LogP contribution in [0.15, 0.2) is 36.8 Å². The molecule has 9 heteroatoms. The first-order valence-corrected chi connectivity index (χ1v) is 9.75. The highest BCUT2D eigenvalue weighted by Crippen LogP contribution is 2.38. The summed E-state index contributed by atoms with van der Waals surface area (Å²) in [5, 5.41) is 12.3. The number of amides is 1. The third kappa shape index (κ3) is 3.08. The van der Waals surface area contributed by atoms with Crippen LogP contribution in [0.1, 0.15) is 13.3 Å². The number of carbonyl (C=O) groups is 1. The lowest BCUT2D eigenvalue weighted by Gasteiger charge is -2.10. The summed E-state index contributed by atoms with van der Waals surface area (Å²) in [4.78, 5) is 25.9. The van der Waals surface area contributed by atoms with Crippen molar-refractivity contribution in [1.82, 2.24) is 24.6 Å². The number of nitrogens with zero attached hydrogens (tertiary/aromatic N) is 5. The zero-order valence-electron chi connectivity index (χ0n) is 16.9. The molecule has 4 aromatic rings. The second-order valence-corrected chi connectivity index (χ2v) is 7.50. The van der Waals surface area contributed by atoms with Gasteiger partial charge < -0.3 is 15.4 Å². The zero-order valence-corrected chi connectivity index (χ0v) is 16.9. The van der Waals surface area contributed by atoms with Crippen LogP contribution in [0.3, 0.4) is 0 Å². The van der Waals surface area contributed by atoms with Crippen LogP contribution in [-0.2, 0) is 4.79 Å². The minimum Gasteiger partial charge on any atom is -0.495 e. The number of anilines is 2. The van der Waals surface area contributed by atoms with Crippen LogP contribution in [0.2, 0.25) is 0 Å². The summed E-state index contributed by atoms with van der Waals surface area (Å²) in [6.45, 7) is 2.07. The Morgan fingerprint density at radius 1 is 1.23 bits per heavy atom. The molecule has 0 aliphatic heterocycles. The molecule has 9 nitrogen and oxygen atoms in total. The van der Waals surface area contributed by atoms with E-state index in [-0.39, 0.29) is 11.8 Å². The molecule has 4 heterocycles. The van der Waals surface area contributed by atoms with E-state index in [2.05, 4.69) is 37.6 Å². The Labute approximate surface area is 172 Å². The van der Waals surface area contributed by atoms with Crippen molar-refractivity contribution in [1.29, 1.82) is 0 Å². The largest absolute Gasteiger partial charge is 0.495 e. The molecule has 4 aromatic heterocycles. The predicted molar refractivity (Wildman–Crippen MR) is 114 cm³/mol. The fourth-order valence-corrected chi connectivity index (χ4v) is 3.59. The fourth-order valence-electron chi connectivity index (χ4n) is 3.59. The van der Waals surface area contributed by atoms with E-state index in [4.69, 9.17) is 4.74 Å². The number of nitrogens with one attached hydrogen (secondary N) is 2. The zero-order chi connectivity index (χ0) is 20.8. The van der Waals surface area contributed by atoms with Gasteiger partial charge in [0.25, 0.3) is 0 Å². The SMILES string of the molecule is CNc1ncc(-c2nc3ccc(OC)cn3n2)c2cc(NC(=O)[C@H]3C[C@H]3C)ncc12. The lowest BCUT2D eigenvalue weighted by molar-refractivity contribution is -0.117. The molecule has 0 aromatic carbocycles. The van der Waals surface area contributed by atoms with Gasteiger partial charge in [0.15, 0.2) is 11.5 Å². The van der Waals surface area contributed by atoms with Crippen molar-refractivity contribution in [2.45, 2.75) is 13.3 Å². The molecule has 0 bridgehead atoms. The van der Waals surface area contributed by atoms with Crippen molar-refractivity contribution in [3.8, 4) is 17.1 Å². The first-order valence-electron chi connectivity index (χ1n) is 9.75. The average Bonchev–Trinajstić information content (AvgIpc) is 3.35. The highest BCUT2D eigenvalue weighted by Gasteiger charge is 2.39. The molecule has 0 radical (unpaired) electrons. The van der Waals surface area contributed by atoms with Gasteiger partial charge in [-0.2, -0.15) is 0 Å². The Hall–Kier alpha value is -3.75. The maximum absolute atomic E-state index is 12.4. The molecule has 1 saturated carbocycles. The Morgan fingerprint density at radius 2 is 2.07 bits per heavy atom. The molecule has 1 aliphatic rings. The van der Waals surface area contributed by atoms with E-state index in [1.54, 1.807) is 37.3 Å². The van der Waals surface area contributed by atoms with Gasteiger partial charge in [-0.1, -0.05) is 6.92 Å². The van der Waals surface area contributed by atoms with E-state index in [1.807, 2.05) is 18.2 Å². The van der Waals surface area contributed by atoms with Gasteiger partial charge in [-0.3, -0.25) is 4.79 Å². The maximum Gasteiger partial charge on any atom is 0.228 e. The molecule has 1 amide bonds. The highest BCUT2D eigenvalue weighted by molar-refractivity contribution is 6.03. The molecule has 0 unspecified atom stereocenters. The summed E-state index contributed by atoms with van der Waals surface area (Å²) >= 11 is 0. The number of hydrogen-bond donors (Lipinski definition) is 2. The average molecular weight is 403 g/mol. The Kier molecular flexibility index (Phi) is 4.23. The van der Waals surface area contributed by atoms with Crippen LogP contribution in [0, 0.1) is 11.8 Å². The molecule has 5 rings (SSSR count). The van der Waals surface area contributed by atoms with Crippen molar-refractivity contribution in [3.05, 3.63) is 36.8 Å². The monoisotopic (exact) mass is 403 g/mol. The summed E-state index contributed by atoms with van der Waals surface area (Å²) in [7, 11) is 3.42. The number of hydrogen-bond acceptors (Lipinski definition) is 7. The van der Waals surface area contributed by atoms with Crippen molar-refractivity contribution < 1.29 is 9.53 Å². The first-order chi connectivity index (χ1) is 14.6. The van der Waals surface area contributed by atoms with Gasteiger partial charge in [-0.25, -0.2) is 19.5 Å². The molecule has 30 heavy (non-hydrogen) atoms. The molecular formula is C21H21N7O2. The highest BCUT2D eigenvalue weighted by atomic mass is 16.5. The van der Waals surface area contributed by atoms with E-state index < -0.39 is 0 Å². The molecule has 0 spiro atoms. The minimum atomic E-state index is 0.0109. The Balaban J connectivity index is 1.61. The van der Waals surface area contributed by atoms with Gasteiger partial charge >= 0.3 is 0 Å². The number of rotatable bonds is 5. The van der Waals surface area contributed by atoms with Crippen molar-refractivity contribution in [2.75, 3.05) is 24.8 Å². The molecule has 2 N–H and O–H groups in total. The molecular weight excluding hydrogens is 382 g/mol. The number of fused-ring (bicyclic) bond motifs is 2. The normalized spacial score (nSPS) is 17.8. The van der Waals surface area contributed by atoms with Gasteiger partial charge in [-0.15, -0.1) is 5.10 Å². The minimum absolute atomic E-state index is 0.0109. The lowest BCUT2D eigenvalue weighted by atomic mass is 10.1. The topological polar surface area (TPSA) is 106 Å². The standard InChI is InChI=1S/C21H21N7O2/c1-11-6-13(11)21(29)25-17-7-14-15(8-23-17)19(22-2)24-9-16(14)20-26-18-5-4-12(30-3)10-28(18)27-20/h4-5,7-11,13H,6H2,1-3H3,(H,22,24)(H,23,25,29)/t11-,13+/m1/s1. The van der Waals surface area contributed by atoms with Gasteiger partial charge in [0.2, 0.25) is 5.91 Å². The summed E-state index contributed by atoms with van der Waals surface area (Å²) in [6.07, 6.45) is 6.14. The van der Waals surface area contributed by atoms with Crippen molar-refractivity contribution >= 4 is 34.0 Å². The predicted octanol–water partition coefficient (Wildman–Crippen LogP) is 2.98. The number of methoxy groups -OCH3 is 1. The number of carbonyl (C=O) groups excluding carboxylic acids is 1. The van der Waals surface area contributed by atoms with Crippen LogP contribution < -0.4 is 15.4 Å². The summed E-state index contributed by atoms with van der Waals surface area (Å²) in [6, 6.07) is 5.53. The number of aromatic nitrogens is 5. The first kappa shape index (κ1) is 18.3. The van der Waals surface area contributed by atoms with Gasteiger partial charge in [0, 0.05) is 41.7 Å². The fraction of sp³-hybridized carbons (Fsp3) is 0.286. The quantitative estimate of drug-likeness (QED) is 0.528. The third-order valence-electron chi connectivity index (χ3n) is 5.49. The van der Waals surface area contributed by atoms with Crippen molar-refractivity contribution in [2.24, 2.45) is 11.8 Å². The van der Waals surface area contributed by atoms with Gasteiger partial charge in [-0.05, 0) is 30.5 Å². The van der Waals surface area contributed by atoms with Crippen LogP contribution in [0.5, 0.6) is 5.75 Å². The van der Waals surface area contributed by atoms with E-state index in [9.17, 15) is 4.79 Å². The molecule has 152 valence electrons. The molecule has 2 atom stereocenters. The van der Waals surface area contributed by atoms with E-state index >= 15 is 0 Å². The smallest absolute Gasteiger partial charge is 0.228 e. The second kappa shape index (κ2) is 6.94. The van der Waals surface area contributed by atoms with Crippen LogP contribution >= 0.6 is 0 Å².